The molecule has 0 aliphatic heterocycles. The molecule has 0 amide bonds. The van der Waals surface area contributed by atoms with E-state index in [9.17, 15) is 0 Å². The van der Waals surface area contributed by atoms with E-state index in [0.717, 1.165) is 42.7 Å². The maximum atomic E-state index is 5.88. The van der Waals surface area contributed by atoms with Crippen molar-refractivity contribution in [2.75, 3.05) is 19.7 Å². The summed E-state index contributed by atoms with van der Waals surface area (Å²) in [7, 11) is 0. The number of aryl methyl sites for hydroxylation is 1. The van der Waals surface area contributed by atoms with E-state index in [2.05, 4.69) is 50.7 Å². The van der Waals surface area contributed by atoms with Crippen molar-refractivity contribution in [3.05, 3.63) is 59.0 Å². The molecule has 26 heavy (non-hydrogen) atoms. The number of para-hydroxylation sites is 2. The molecule has 0 fully saturated rings. The third-order valence-corrected chi connectivity index (χ3v) is 4.73. The lowest BCUT2D eigenvalue weighted by Gasteiger charge is -2.08. The van der Waals surface area contributed by atoms with Crippen LogP contribution in [0.5, 0.6) is 5.75 Å². The SMILES string of the molecule is S=c1[nH]c2cccc(OCCNCCCc3c[nH]c4ccccc34)c2[nH]1. The second-order valence-electron chi connectivity index (χ2n) is 6.32. The summed E-state index contributed by atoms with van der Waals surface area (Å²) in [5.41, 5.74) is 4.49. The van der Waals surface area contributed by atoms with E-state index in [1.165, 1.54) is 16.5 Å². The highest BCUT2D eigenvalue weighted by Crippen LogP contribution is 2.22. The van der Waals surface area contributed by atoms with Crippen LogP contribution in [0.1, 0.15) is 12.0 Å². The summed E-state index contributed by atoms with van der Waals surface area (Å²) in [4.78, 5) is 9.56. The molecule has 2 aromatic heterocycles. The number of rotatable bonds is 8. The van der Waals surface area contributed by atoms with Crippen LogP contribution >= 0.6 is 12.2 Å². The van der Waals surface area contributed by atoms with Gasteiger partial charge in [-0.1, -0.05) is 24.3 Å². The molecule has 134 valence electrons. The monoisotopic (exact) mass is 366 g/mol. The molecular formula is C20H22N4OS. The Morgan fingerprint density at radius 2 is 1.85 bits per heavy atom. The van der Waals surface area contributed by atoms with Crippen LogP contribution in [0, 0.1) is 4.77 Å². The van der Waals surface area contributed by atoms with Crippen molar-refractivity contribution in [3.63, 3.8) is 0 Å². The van der Waals surface area contributed by atoms with E-state index >= 15 is 0 Å². The molecule has 2 aromatic carbocycles. The van der Waals surface area contributed by atoms with Gasteiger partial charge in [0, 0.05) is 23.6 Å². The van der Waals surface area contributed by atoms with Gasteiger partial charge in [0.2, 0.25) is 0 Å². The van der Waals surface area contributed by atoms with Gasteiger partial charge in [0.15, 0.2) is 4.77 Å². The standard InChI is InChI=1S/C20H22N4OS/c26-20-23-17-8-3-9-18(19(17)24-20)25-12-11-21-10-4-5-14-13-22-16-7-2-1-6-15(14)16/h1-3,6-9,13,21-22H,4-5,10-12H2,(H2,23,24,26). The Morgan fingerprint density at radius 3 is 2.81 bits per heavy atom. The molecule has 0 saturated carbocycles. The Hall–Kier alpha value is -2.57. The molecule has 0 aliphatic carbocycles. The van der Waals surface area contributed by atoms with Gasteiger partial charge in [0.1, 0.15) is 17.9 Å². The number of imidazole rings is 1. The summed E-state index contributed by atoms with van der Waals surface area (Å²) in [6, 6.07) is 14.3. The van der Waals surface area contributed by atoms with Gasteiger partial charge in [0.05, 0.1) is 5.52 Å². The first-order valence-electron chi connectivity index (χ1n) is 8.91. The Labute approximate surface area is 156 Å². The lowest BCUT2D eigenvalue weighted by Crippen LogP contribution is -2.22. The van der Waals surface area contributed by atoms with Crippen molar-refractivity contribution >= 4 is 34.2 Å². The first-order valence-corrected chi connectivity index (χ1v) is 9.31. The fourth-order valence-electron chi connectivity index (χ4n) is 3.25. The van der Waals surface area contributed by atoms with E-state index in [4.69, 9.17) is 17.0 Å². The summed E-state index contributed by atoms with van der Waals surface area (Å²) in [5, 5.41) is 4.77. The molecule has 0 aliphatic rings. The minimum Gasteiger partial charge on any atom is -0.490 e. The summed E-state index contributed by atoms with van der Waals surface area (Å²) in [6.07, 6.45) is 4.29. The van der Waals surface area contributed by atoms with Crippen LogP contribution in [0.4, 0.5) is 0 Å². The van der Waals surface area contributed by atoms with Crippen molar-refractivity contribution < 1.29 is 4.74 Å². The lowest BCUT2D eigenvalue weighted by atomic mass is 10.1. The number of ether oxygens (including phenoxy) is 1. The average molecular weight is 366 g/mol. The molecule has 4 N–H and O–H groups in total. The van der Waals surface area contributed by atoms with Crippen molar-refractivity contribution in [2.45, 2.75) is 12.8 Å². The molecule has 0 bridgehead atoms. The highest BCUT2D eigenvalue weighted by Gasteiger charge is 2.04. The first kappa shape index (κ1) is 16.9. The molecule has 0 saturated heterocycles. The van der Waals surface area contributed by atoms with Crippen molar-refractivity contribution in [3.8, 4) is 5.75 Å². The minimum absolute atomic E-state index is 0.617. The molecule has 0 unspecified atom stereocenters. The smallest absolute Gasteiger partial charge is 0.175 e. The Balaban J connectivity index is 1.20. The maximum absolute atomic E-state index is 5.88. The zero-order valence-electron chi connectivity index (χ0n) is 14.5. The number of nitrogens with one attached hydrogen (secondary N) is 4. The number of aromatic amines is 3. The quantitative estimate of drug-likeness (QED) is 0.277. The molecule has 4 rings (SSSR count). The van der Waals surface area contributed by atoms with Crippen LogP contribution in [0.25, 0.3) is 21.9 Å². The van der Waals surface area contributed by atoms with Crippen LogP contribution in [-0.2, 0) is 6.42 Å². The number of hydrogen-bond donors (Lipinski definition) is 4. The highest BCUT2D eigenvalue weighted by molar-refractivity contribution is 7.71. The molecule has 0 radical (unpaired) electrons. The van der Waals surface area contributed by atoms with Gasteiger partial charge in [0.25, 0.3) is 0 Å². The number of benzene rings is 2. The Bertz CT molecular complexity index is 1060. The Morgan fingerprint density at radius 1 is 0.962 bits per heavy atom. The van der Waals surface area contributed by atoms with Crippen molar-refractivity contribution in [1.82, 2.24) is 20.3 Å². The molecule has 6 heteroatoms. The maximum Gasteiger partial charge on any atom is 0.175 e. The molecule has 0 atom stereocenters. The summed E-state index contributed by atoms with van der Waals surface area (Å²) >= 11 is 5.14. The zero-order chi connectivity index (χ0) is 17.8. The largest absolute Gasteiger partial charge is 0.490 e. The first-order chi connectivity index (χ1) is 12.8. The Kier molecular flexibility index (Phi) is 5.04. The summed E-state index contributed by atoms with van der Waals surface area (Å²) < 4.78 is 6.49. The second kappa shape index (κ2) is 7.76. The molecule has 0 spiro atoms. The highest BCUT2D eigenvalue weighted by atomic mass is 32.1. The topological polar surface area (TPSA) is 68.6 Å². The van der Waals surface area contributed by atoms with Crippen LogP contribution in [0.15, 0.2) is 48.7 Å². The van der Waals surface area contributed by atoms with E-state index in [1.807, 2.05) is 18.2 Å². The second-order valence-corrected chi connectivity index (χ2v) is 6.73. The number of hydrogen-bond acceptors (Lipinski definition) is 3. The van der Waals surface area contributed by atoms with Gasteiger partial charge in [-0.15, -0.1) is 0 Å². The van der Waals surface area contributed by atoms with Crippen LogP contribution in [-0.4, -0.2) is 34.6 Å². The fraction of sp³-hybridized carbons (Fsp3) is 0.250. The van der Waals surface area contributed by atoms with Gasteiger partial charge < -0.3 is 25.0 Å². The summed E-state index contributed by atoms with van der Waals surface area (Å²) in [5.74, 6) is 0.829. The number of H-pyrrole nitrogens is 3. The van der Waals surface area contributed by atoms with E-state index in [1.54, 1.807) is 0 Å². The predicted molar refractivity (Wildman–Crippen MR) is 108 cm³/mol. The molecule has 2 heterocycles. The fourth-order valence-corrected chi connectivity index (χ4v) is 3.46. The van der Waals surface area contributed by atoms with Crippen molar-refractivity contribution in [1.29, 1.82) is 0 Å². The molecule has 5 nitrogen and oxygen atoms in total. The van der Waals surface area contributed by atoms with Gasteiger partial charge in [-0.2, -0.15) is 0 Å². The normalized spacial score (nSPS) is 11.4. The lowest BCUT2D eigenvalue weighted by molar-refractivity contribution is 0.317. The van der Waals surface area contributed by atoms with Gasteiger partial charge in [-0.05, 0) is 55.4 Å². The van der Waals surface area contributed by atoms with Gasteiger partial charge in [-0.25, -0.2) is 0 Å². The number of aromatic nitrogens is 3. The molecule has 4 aromatic rings. The zero-order valence-corrected chi connectivity index (χ0v) is 15.3. The van der Waals surface area contributed by atoms with Crippen LogP contribution in [0.2, 0.25) is 0 Å². The van der Waals surface area contributed by atoms with E-state index in [0.29, 0.717) is 11.4 Å². The third kappa shape index (κ3) is 3.66. The summed E-state index contributed by atoms with van der Waals surface area (Å²) in [6.45, 7) is 2.41. The van der Waals surface area contributed by atoms with Gasteiger partial charge >= 0.3 is 0 Å². The molecular weight excluding hydrogens is 344 g/mol. The predicted octanol–water partition coefficient (Wildman–Crippen LogP) is 4.31. The average Bonchev–Trinajstić information content (AvgIpc) is 3.24. The van der Waals surface area contributed by atoms with Crippen molar-refractivity contribution in [2.24, 2.45) is 0 Å². The number of fused-ring (bicyclic) bond motifs is 2. The van der Waals surface area contributed by atoms with E-state index in [-0.39, 0.29) is 0 Å². The van der Waals surface area contributed by atoms with E-state index < -0.39 is 0 Å². The minimum atomic E-state index is 0.617. The third-order valence-electron chi connectivity index (χ3n) is 4.52. The van der Waals surface area contributed by atoms with Crippen LogP contribution < -0.4 is 10.1 Å². The van der Waals surface area contributed by atoms with Gasteiger partial charge in [-0.3, -0.25) is 0 Å². The van der Waals surface area contributed by atoms with Crippen LogP contribution in [0.3, 0.4) is 0 Å².